The van der Waals surface area contributed by atoms with E-state index < -0.39 is 0 Å². The van der Waals surface area contributed by atoms with Gasteiger partial charge in [-0.25, -0.2) is 0 Å². The Balaban J connectivity index is 2.77. The molecule has 1 amide bonds. The number of carbonyl (C=O) groups excluding carboxylic acids is 1. The highest BCUT2D eigenvalue weighted by molar-refractivity contribution is 6.34. The van der Waals surface area contributed by atoms with Crippen molar-refractivity contribution in [3.8, 4) is 11.5 Å². The van der Waals surface area contributed by atoms with Crippen molar-refractivity contribution in [2.45, 2.75) is 0 Å². The lowest BCUT2D eigenvalue weighted by atomic mass is 10.2. The number of nitrogens with one attached hydrogen (secondary N) is 2. The van der Waals surface area contributed by atoms with Gasteiger partial charge in [0.2, 0.25) is 5.91 Å². The van der Waals surface area contributed by atoms with Crippen molar-refractivity contribution in [2.24, 2.45) is 0 Å². The number of hydrogen-bond acceptors (Lipinski definition) is 4. The molecular weight excluding hydrogens is 268 g/mol. The Morgan fingerprint density at radius 3 is 2.58 bits per heavy atom. The summed E-state index contributed by atoms with van der Waals surface area (Å²) in [6, 6.07) is 3.21. The second-order valence-electron chi connectivity index (χ2n) is 3.65. The van der Waals surface area contributed by atoms with E-state index in [-0.39, 0.29) is 12.5 Å². The van der Waals surface area contributed by atoms with Crippen LogP contribution < -0.4 is 20.1 Å². The molecular formula is C13H17ClN2O3. The van der Waals surface area contributed by atoms with Gasteiger partial charge in [0.05, 0.1) is 31.5 Å². The predicted molar refractivity (Wildman–Crippen MR) is 76.3 cm³/mol. The first kappa shape index (κ1) is 15.3. The lowest BCUT2D eigenvalue weighted by Gasteiger charge is -2.12. The third-order valence-electron chi connectivity index (χ3n) is 2.32. The summed E-state index contributed by atoms with van der Waals surface area (Å²) in [6.45, 7) is 4.29. The summed E-state index contributed by atoms with van der Waals surface area (Å²) in [5.74, 6) is 0.813. The highest BCUT2D eigenvalue weighted by atomic mass is 35.5. The number of benzene rings is 1. The van der Waals surface area contributed by atoms with E-state index >= 15 is 0 Å². The van der Waals surface area contributed by atoms with Crippen molar-refractivity contribution in [3.63, 3.8) is 0 Å². The number of hydrogen-bond donors (Lipinski definition) is 2. The van der Waals surface area contributed by atoms with Gasteiger partial charge >= 0.3 is 0 Å². The molecule has 5 nitrogen and oxygen atoms in total. The molecule has 1 aromatic carbocycles. The molecule has 0 fully saturated rings. The molecule has 0 radical (unpaired) electrons. The SMILES string of the molecule is C=CCNCC(=O)Nc1cc(OC)c(OC)cc1Cl. The summed E-state index contributed by atoms with van der Waals surface area (Å²) >= 11 is 6.06. The fraction of sp³-hybridized carbons (Fsp3) is 0.308. The van der Waals surface area contributed by atoms with Crippen molar-refractivity contribution < 1.29 is 14.3 Å². The molecule has 2 N–H and O–H groups in total. The maximum atomic E-state index is 11.7. The number of halogens is 1. The molecule has 0 saturated carbocycles. The van der Waals surface area contributed by atoms with Gasteiger partial charge in [-0.3, -0.25) is 4.79 Å². The average molecular weight is 285 g/mol. The van der Waals surface area contributed by atoms with Crippen LogP contribution in [0, 0.1) is 0 Å². The molecule has 0 unspecified atom stereocenters. The molecule has 0 aromatic heterocycles. The molecule has 0 aliphatic carbocycles. The highest BCUT2D eigenvalue weighted by Crippen LogP contribution is 2.35. The van der Waals surface area contributed by atoms with Crippen molar-refractivity contribution in [3.05, 3.63) is 29.8 Å². The molecule has 0 bridgehead atoms. The second-order valence-corrected chi connectivity index (χ2v) is 4.06. The monoisotopic (exact) mass is 284 g/mol. The third-order valence-corrected chi connectivity index (χ3v) is 2.63. The van der Waals surface area contributed by atoms with E-state index in [0.29, 0.717) is 28.8 Å². The van der Waals surface area contributed by atoms with E-state index in [1.54, 1.807) is 18.2 Å². The topological polar surface area (TPSA) is 59.6 Å². The lowest BCUT2D eigenvalue weighted by Crippen LogP contribution is -2.28. The van der Waals surface area contributed by atoms with Crippen LogP contribution in [0.4, 0.5) is 5.69 Å². The highest BCUT2D eigenvalue weighted by Gasteiger charge is 2.11. The fourth-order valence-corrected chi connectivity index (χ4v) is 1.63. The van der Waals surface area contributed by atoms with Crippen LogP contribution in [0.5, 0.6) is 11.5 Å². The fourth-order valence-electron chi connectivity index (χ4n) is 1.43. The minimum absolute atomic E-state index is 0.177. The molecule has 19 heavy (non-hydrogen) atoms. The predicted octanol–water partition coefficient (Wildman–Crippen LogP) is 2.07. The van der Waals surface area contributed by atoms with E-state index in [2.05, 4.69) is 17.2 Å². The Kier molecular flexibility index (Phi) is 6.18. The van der Waals surface area contributed by atoms with E-state index in [1.807, 2.05) is 0 Å². The van der Waals surface area contributed by atoms with Gasteiger partial charge in [0.25, 0.3) is 0 Å². The van der Waals surface area contributed by atoms with Gasteiger partial charge in [-0.2, -0.15) is 0 Å². The van der Waals surface area contributed by atoms with Crippen LogP contribution in [0.3, 0.4) is 0 Å². The van der Waals surface area contributed by atoms with E-state index in [4.69, 9.17) is 21.1 Å². The number of rotatable bonds is 7. The average Bonchev–Trinajstić information content (AvgIpc) is 2.40. The van der Waals surface area contributed by atoms with E-state index in [1.165, 1.54) is 14.2 Å². The van der Waals surface area contributed by atoms with Crippen LogP contribution in [0.25, 0.3) is 0 Å². The van der Waals surface area contributed by atoms with Gasteiger partial charge in [-0.05, 0) is 0 Å². The normalized spacial score (nSPS) is 9.84. The minimum atomic E-state index is -0.198. The standard InChI is InChI=1S/C13H17ClN2O3/c1-4-5-15-8-13(17)16-10-7-12(19-3)11(18-2)6-9(10)14/h4,6-7,15H,1,5,8H2,2-3H3,(H,16,17). The van der Waals surface area contributed by atoms with Crippen molar-refractivity contribution >= 4 is 23.2 Å². The molecule has 0 atom stereocenters. The van der Waals surface area contributed by atoms with E-state index in [0.717, 1.165) is 0 Å². The molecule has 0 heterocycles. The smallest absolute Gasteiger partial charge is 0.238 e. The summed E-state index contributed by atoms with van der Waals surface area (Å²) in [7, 11) is 3.04. The van der Waals surface area contributed by atoms with Gasteiger partial charge in [0.1, 0.15) is 0 Å². The van der Waals surface area contributed by atoms with Crippen molar-refractivity contribution in [1.29, 1.82) is 0 Å². The first-order chi connectivity index (χ1) is 9.12. The number of methoxy groups -OCH3 is 2. The molecule has 0 spiro atoms. The Bertz CT molecular complexity index is 463. The summed E-state index contributed by atoms with van der Waals surface area (Å²) in [5, 5.41) is 5.97. The van der Waals surface area contributed by atoms with Crippen LogP contribution >= 0.6 is 11.6 Å². The van der Waals surface area contributed by atoms with Crippen LogP contribution in [-0.4, -0.2) is 33.2 Å². The summed E-state index contributed by atoms with van der Waals surface area (Å²) in [4.78, 5) is 11.7. The minimum Gasteiger partial charge on any atom is -0.493 e. The quantitative estimate of drug-likeness (QED) is 0.594. The van der Waals surface area contributed by atoms with Gasteiger partial charge in [-0.1, -0.05) is 17.7 Å². The Morgan fingerprint density at radius 2 is 2.00 bits per heavy atom. The molecule has 0 aliphatic heterocycles. The molecule has 104 valence electrons. The lowest BCUT2D eigenvalue weighted by molar-refractivity contribution is -0.115. The van der Waals surface area contributed by atoms with Gasteiger partial charge in [0.15, 0.2) is 11.5 Å². The maximum absolute atomic E-state index is 11.7. The molecule has 0 aliphatic rings. The second kappa shape index (κ2) is 7.66. The van der Waals surface area contributed by atoms with Crippen LogP contribution in [-0.2, 0) is 4.79 Å². The van der Waals surface area contributed by atoms with Crippen LogP contribution in [0.2, 0.25) is 5.02 Å². The number of carbonyl (C=O) groups is 1. The number of amides is 1. The third kappa shape index (κ3) is 4.46. The maximum Gasteiger partial charge on any atom is 0.238 e. The van der Waals surface area contributed by atoms with Crippen molar-refractivity contribution in [2.75, 3.05) is 32.6 Å². The number of anilines is 1. The molecule has 1 aromatic rings. The van der Waals surface area contributed by atoms with Crippen LogP contribution in [0.15, 0.2) is 24.8 Å². The van der Waals surface area contributed by atoms with Gasteiger partial charge in [0, 0.05) is 18.7 Å². The van der Waals surface area contributed by atoms with Gasteiger partial charge in [-0.15, -0.1) is 6.58 Å². The first-order valence-electron chi connectivity index (χ1n) is 5.65. The van der Waals surface area contributed by atoms with E-state index in [9.17, 15) is 4.79 Å². The molecule has 1 rings (SSSR count). The zero-order valence-corrected chi connectivity index (χ0v) is 11.7. The summed E-state index contributed by atoms with van der Waals surface area (Å²) in [5.41, 5.74) is 0.477. The van der Waals surface area contributed by atoms with Crippen LogP contribution in [0.1, 0.15) is 0 Å². The van der Waals surface area contributed by atoms with Gasteiger partial charge < -0.3 is 20.1 Å². The summed E-state index contributed by atoms with van der Waals surface area (Å²) < 4.78 is 10.3. The zero-order chi connectivity index (χ0) is 14.3. The van der Waals surface area contributed by atoms with Crippen molar-refractivity contribution in [1.82, 2.24) is 5.32 Å². The largest absolute Gasteiger partial charge is 0.493 e. The molecule has 6 heteroatoms. The molecule has 0 saturated heterocycles. The Morgan fingerprint density at radius 1 is 1.37 bits per heavy atom. The summed E-state index contributed by atoms with van der Waals surface area (Å²) in [6.07, 6.45) is 1.68. The Labute approximate surface area is 117 Å². The number of ether oxygens (including phenoxy) is 2. The first-order valence-corrected chi connectivity index (χ1v) is 6.03. The zero-order valence-electron chi connectivity index (χ0n) is 11.0. The Hall–Kier alpha value is -1.72.